The van der Waals surface area contributed by atoms with Crippen LogP contribution in [0, 0.1) is 11.8 Å². The molecular weight excluding hydrogens is 238 g/mol. The van der Waals surface area contributed by atoms with Crippen molar-refractivity contribution < 1.29 is 4.79 Å². The summed E-state index contributed by atoms with van der Waals surface area (Å²) >= 11 is 0. The Labute approximate surface area is 117 Å². The number of hydrogen-bond donors (Lipinski definition) is 1. The normalized spacial score (nSPS) is 26.9. The van der Waals surface area contributed by atoms with E-state index < -0.39 is 0 Å². The van der Waals surface area contributed by atoms with E-state index in [4.69, 9.17) is 5.73 Å². The van der Waals surface area contributed by atoms with Gasteiger partial charge in [0.25, 0.3) is 0 Å². The van der Waals surface area contributed by atoms with E-state index in [0.29, 0.717) is 18.5 Å². The van der Waals surface area contributed by atoms with Gasteiger partial charge in [-0.15, -0.1) is 0 Å². The largest absolute Gasteiger partial charge is 0.341 e. The van der Waals surface area contributed by atoms with Crippen molar-refractivity contribution in [2.45, 2.75) is 45.6 Å². The van der Waals surface area contributed by atoms with Gasteiger partial charge in [-0.1, -0.05) is 20.3 Å². The molecule has 2 fully saturated rings. The van der Waals surface area contributed by atoms with Crippen LogP contribution in [0.2, 0.25) is 0 Å². The molecule has 0 radical (unpaired) electrons. The zero-order valence-corrected chi connectivity index (χ0v) is 12.5. The van der Waals surface area contributed by atoms with Gasteiger partial charge >= 0.3 is 0 Å². The van der Waals surface area contributed by atoms with Crippen LogP contribution in [-0.4, -0.2) is 54.5 Å². The molecule has 0 aromatic carbocycles. The molecule has 0 bridgehead atoms. The third-order valence-corrected chi connectivity index (χ3v) is 4.76. The average molecular weight is 267 g/mol. The van der Waals surface area contributed by atoms with Gasteiger partial charge in [0.05, 0.1) is 5.92 Å². The van der Waals surface area contributed by atoms with Crippen LogP contribution in [0.5, 0.6) is 0 Å². The first-order valence-corrected chi connectivity index (χ1v) is 7.86. The van der Waals surface area contributed by atoms with Crippen molar-refractivity contribution in [2.75, 3.05) is 32.7 Å². The molecule has 1 amide bonds. The Balaban J connectivity index is 1.88. The summed E-state index contributed by atoms with van der Waals surface area (Å²) in [5.41, 5.74) is 5.76. The molecule has 4 heteroatoms. The molecule has 2 aliphatic heterocycles. The van der Waals surface area contributed by atoms with Gasteiger partial charge in [-0.25, -0.2) is 0 Å². The molecule has 0 spiro atoms. The predicted octanol–water partition coefficient (Wildman–Crippen LogP) is 1.30. The van der Waals surface area contributed by atoms with Gasteiger partial charge in [0.2, 0.25) is 5.91 Å². The molecule has 2 atom stereocenters. The van der Waals surface area contributed by atoms with Crippen molar-refractivity contribution in [1.82, 2.24) is 9.80 Å². The van der Waals surface area contributed by atoms with Gasteiger partial charge in [0.15, 0.2) is 0 Å². The van der Waals surface area contributed by atoms with Gasteiger partial charge < -0.3 is 10.6 Å². The molecule has 0 saturated carbocycles. The van der Waals surface area contributed by atoms with Crippen molar-refractivity contribution in [2.24, 2.45) is 17.6 Å². The highest BCUT2D eigenvalue weighted by molar-refractivity contribution is 5.79. The zero-order chi connectivity index (χ0) is 13.8. The maximum Gasteiger partial charge on any atom is 0.227 e. The highest BCUT2D eigenvalue weighted by Gasteiger charge is 2.34. The Hall–Kier alpha value is -0.610. The molecule has 2 heterocycles. The molecule has 110 valence electrons. The van der Waals surface area contributed by atoms with E-state index in [0.717, 1.165) is 19.5 Å². The van der Waals surface area contributed by atoms with Crippen LogP contribution in [0.4, 0.5) is 0 Å². The van der Waals surface area contributed by atoms with Crippen LogP contribution in [0.1, 0.15) is 39.5 Å². The Kier molecular flexibility index (Phi) is 5.22. The fourth-order valence-corrected chi connectivity index (χ4v) is 3.42. The number of nitrogens with two attached hydrogens (primary N) is 1. The minimum atomic E-state index is 0.0000980. The van der Waals surface area contributed by atoms with Crippen LogP contribution in [0.15, 0.2) is 0 Å². The smallest absolute Gasteiger partial charge is 0.227 e. The van der Waals surface area contributed by atoms with E-state index >= 15 is 0 Å². The highest BCUT2D eigenvalue weighted by Crippen LogP contribution is 2.23. The third kappa shape index (κ3) is 3.48. The summed E-state index contributed by atoms with van der Waals surface area (Å²) in [5.74, 6) is 0.614. The topological polar surface area (TPSA) is 49.6 Å². The molecule has 19 heavy (non-hydrogen) atoms. The quantitative estimate of drug-likeness (QED) is 0.835. The highest BCUT2D eigenvalue weighted by atomic mass is 16.2. The SMILES string of the molecule is CC(C)C(CN)C(=O)N1CCC(N2CCCCC2)C1. The average Bonchev–Trinajstić information content (AvgIpc) is 2.89. The maximum atomic E-state index is 12.5. The summed E-state index contributed by atoms with van der Waals surface area (Å²) in [6, 6.07) is 0.592. The first kappa shape index (κ1) is 14.8. The fourth-order valence-electron chi connectivity index (χ4n) is 3.42. The van der Waals surface area contributed by atoms with Crippen LogP contribution >= 0.6 is 0 Å². The minimum Gasteiger partial charge on any atom is -0.341 e. The van der Waals surface area contributed by atoms with Gasteiger partial charge in [-0.2, -0.15) is 0 Å². The van der Waals surface area contributed by atoms with Crippen molar-refractivity contribution in [3.8, 4) is 0 Å². The van der Waals surface area contributed by atoms with Crippen LogP contribution < -0.4 is 5.73 Å². The zero-order valence-electron chi connectivity index (χ0n) is 12.5. The predicted molar refractivity (Wildman–Crippen MR) is 77.8 cm³/mol. The molecule has 4 nitrogen and oxygen atoms in total. The van der Waals surface area contributed by atoms with Gasteiger partial charge in [0.1, 0.15) is 0 Å². The van der Waals surface area contributed by atoms with E-state index in [1.165, 1.54) is 32.4 Å². The Morgan fingerprint density at radius 3 is 2.47 bits per heavy atom. The van der Waals surface area contributed by atoms with Crippen molar-refractivity contribution in [1.29, 1.82) is 0 Å². The standard InChI is InChI=1S/C15H29N3O/c1-12(2)14(10-16)15(19)18-9-6-13(11-18)17-7-4-3-5-8-17/h12-14H,3-11,16H2,1-2H3. The Bertz CT molecular complexity index is 300. The molecule has 2 N–H and O–H groups in total. The van der Waals surface area contributed by atoms with Crippen LogP contribution in [-0.2, 0) is 4.79 Å². The van der Waals surface area contributed by atoms with E-state index in [2.05, 4.69) is 23.6 Å². The van der Waals surface area contributed by atoms with E-state index in [1.807, 2.05) is 0 Å². The molecule has 0 aliphatic carbocycles. The molecule has 2 saturated heterocycles. The van der Waals surface area contributed by atoms with Crippen molar-refractivity contribution in [3.63, 3.8) is 0 Å². The summed E-state index contributed by atoms with van der Waals surface area (Å²) in [4.78, 5) is 17.1. The number of likely N-dealkylation sites (tertiary alicyclic amines) is 2. The summed E-state index contributed by atoms with van der Waals surface area (Å²) in [6.45, 7) is 8.93. The second kappa shape index (κ2) is 6.71. The summed E-state index contributed by atoms with van der Waals surface area (Å²) in [7, 11) is 0. The van der Waals surface area contributed by atoms with Crippen molar-refractivity contribution >= 4 is 5.91 Å². The van der Waals surface area contributed by atoms with E-state index in [-0.39, 0.29) is 11.8 Å². The summed E-state index contributed by atoms with van der Waals surface area (Å²) in [5, 5.41) is 0. The summed E-state index contributed by atoms with van der Waals surface area (Å²) < 4.78 is 0. The lowest BCUT2D eigenvalue weighted by atomic mass is 9.94. The fraction of sp³-hybridized carbons (Fsp3) is 0.933. The number of nitrogens with zero attached hydrogens (tertiary/aromatic N) is 2. The molecule has 2 rings (SSSR count). The first-order chi connectivity index (χ1) is 9.13. The number of amides is 1. The molecule has 2 aliphatic rings. The van der Waals surface area contributed by atoms with Crippen molar-refractivity contribution in [3.05, 3.63) is 0 Å². The number of carbonyl (C=O) groups is 1. The third-order valence-electron chi connectivity index (χ3n) is 4.76. The maximum absolute atomic E-state index is 12.5. The number of hydrogen-bond acceptors (Lipinski definition) is 3. The molecule has 0 aromatic rings. The van der Waals surface area contributed by atoms with E-state index in [1.54, 1.807) is 0 Å². The number of rotatable bonds is 4. The second-order valence-corrected chi connectivity index (χ2v) is 6.41. The van der Waals surface area contributed by atoms with Gasteiger partial charge in [-0.05, 0) is 38.3 Å². The van der Waals surface area contributed by atoms with Gasteiger partial charge in [0, 0.05) is 25.7 Å². The molecule has 2 unspecified atom stereocenters. The first-order valence-electron chi connectivity index (χ1n) is 7.86. The molecular formula is C15H29N3O. The Morgan fingerprint density at radius 2 is 1.89 bits per heavy atom. The lowest BCUT2D eigenvalue weighted by molar-refractivity contribution is -0.135. The minimum absolute atomic E-state index is 0.0000980. The Morgan fingerprint density at radius 1 is 1.21 bits per heavy atom. The number of piperidine rings is 1. The molecule has 0 aromatic heterocycles. The van der Waals surface area contributed by atoms with Crippen LogP contribution in [0.3, 0.4) is 0 Å². The van der Waals surface area contributed by atoms with Crippen LogP contribution in [0.25, 0.3) is 0 Å². The second-order valence-electron chi connectivity index (χ2n) is 6.41. The van der Waals surface area contributed by atoms with Gasteiger partial charge in [-0.3, -0.25) is 9.69 Å². The monoisotopic (exact) mass is 267 g/mol. The lowest BCUT2D eigenvalue weighted by Gasteiger charge is -2.32. The summed E-state index contributed by atoms with van der Waals surface area (Å²) in [6.07, 6.45) is 5.15. The lowest BCUT2D eigenvalue weighted by Crippen LogP contribution is -2.44. The van der Waals surface area contributed by atoms with E-state index in [9.17, 15) is 4.79 Å². The number of carbonyl (C=O) groups excluding carboxylic acids is 1.